The van der Waals surface area contributed by atoms with Crippen molar-refractivity contribution < 1.29 is 4.79 Å². The number of rotatable bonds is 4. The van der Waals surface area contributed by atoms with Crippen LogP contribution in [0.15, 0.2) is 24.3 Å². The van der Waals surface area contributed by atoms with Crippen LogP contribution in [0, 0.1) is 5.41 Å². The van der Waals surface area contributed by atoms with E-state index in [1.165, 1.54) is 0 Å². The van der Waals surface area contributed by atoms with E-state index in [1.807, 2.05) is 28.8 Å². The zero-order valence-electron chi connectivity index (χ0n) is 12.0. The van der Waals surface area contributed by atoms with Crippen LogP contribution in [0.25, 0.3) is 11.0 Å². The molecule has 0 radical (unpaired) electrons. The minimum absolute atomic E-state index is 0.180. The van der Waals surface area contributed by atoms with Crippen LogP contribution in [-0.4, -0.2) is 19.8 Å². The van der Waals surface area contributed by atoms with Crippen molar-refractivity contribution in [3.05, 3.63) is 24.3 Å². The Morgan fingerprint density at radius 1 is 1.43 bits per heavy atom. The van der Waals surface area contributed by atoms with E-state index in [9.17, 15) is 4.79 Å². The fraction of sp³-hybridized carbons (Fsp3) is 0.467. The number of benzene rings is 1. The van der Waals surface area contributed by atoms with E-state index in [-0.39, 0.29) is 5.91 Å². The van der Waals surface area contributed by atoms with Crippen LogP contribution in [-0.2, 0) is 11.3 Å². The molecule has 1 fully saturated rings. The van der Waals surface area contributed by atoms with Gasteiger partial charge in [0.15, 0.2) is 0 Å². The number of carbonyl (C=O) groups is 1. The molecule has 1 atom stereocenters. The second-order valence-corrected chi connectivity index (χ2v) is 7.23. The number of nitrogens with one attached hydrogen (secondary N) is 1. The van der Waals surface area contributed by atoms with Gasteiger partial charge in [-0.05, 0) is 31.9 Å². The van der Waals surface area contributed by atoms with E-state index in [0.717, 1.165) is 24.0 Å². The summed E-state index contributed by atoms with van der Waals surface area (Å²) in [6, 6.07) is 7.83. The molecule has 1 aromatic carbocycles. The van der Waals surface area contributed by atoms with Crippen LogP contribution in [0.4, 0.5) is 5.95 Å². The van der Waals surface area contributed by atoms with E-state index >= 15 is 0 Å². The number of fused-ring (bicyclic) bond motifs is 1. The van der Waals surface area contributed by atoms with E-state index in [2.05, 4.69) is 17.2 Å². The van der Waals surface area contributed by atoms with Crippen molar-refractivity contribution in [3.8, 4) is 0 Å². The van der Waals surface area contributed by atoms with Crippen LogP contribution >= 0.6 is 23.2 Å². The molecule has 1 aromatic heterocycles. The summed E-state index contributed by atoms with van der Waals surface area (Å²) >= 11 is 12.1. The summed E-state index contributed by atoms with van der Waals surface area (Å²) in [5, 5.41) is 2.89. The highest BCUT2D eigenvalue weighted by molar-refractivity contribution is 6.53. The number of imidazole rings is 1. The van der Waals surface area contributed by atoms with Gasteiger partial charge in [0.2, 0.25) is 11.9 Å². The predicted octanol–water partition coefficient (Wildman–Crippen LogP) is 3.97. The third kappa shape index (κ3) is 2.30. The first-order valence-corrected chi connectivity index (χ1v) is 7.79. The number of amides is 1. The van der Waals surface area contributed by atoms with E-state index in [0.29, 0.717) is 12.4 Å². The Morgan fingerprint density at radius 2 is 2.10 bits per heavy atom. The van der Waals surface area contributed by atoms with Gasteiger partial charge in [-0.15, -0.1) is 23.2 Å². The molecular weight excluding hydrogens is 309 g/mol. The lowest BCUT2D eigenvalue weighted by Crippen LogP contribution is -2.27. The molecule has 112 valence electrons. The first-order chi connectivity index (χ1) is 9.89. The highest BCUT2D eigenvalue weighted by Crippen LogP contribution is 2.64. The molecule has 1 unspecified atom stereocenters. The van der Waals surface area contributed by atoms with Gasteiger partial charge in [0.25, 0.3) is 0 Å². The molecule has 1 aliphatic rings. The van der Waals surface area contributed by atoms with Gasteiger partial charge in [0.1, 0.15) is 4.33 Å². The summed E-state index contributed by atoms with van der Waals surface area (Å²) in [4.78, 5) is 16.9. The van der Waals surface area contributed by atoms with Crippen LogP contribution in [0.2, 0.25) is 0 Å². The molecule has 2 aromatic rings. The van der Waals surface area contributed by atoms with E-state index in [1.54, 1.807) is 6.92 Å². The quantitative estimate of drug-likeness (QED) is 0.864. The number of para-hydroxylation sites is 2. The highest BCUT2D eigenvalue weighted by atomic mass is 35.5. The minimum atomic E-state index is -0.974. The molecule has 6 heteroatoms. The smallest absolute Gasteiger partial charge is 0.235 e. The van der Waals surface area contributed by atoms with Gasteiger partial charge in [-0.25, -0.2) is 4.98 Å². The van der Waals surface area contributed by atoms with Crippen molar-refractivity contribution in [2.24, 2.45) is 5.41 Å². The molecule has 21 heavy (non-hydrogen) atoms. The number of carbonyl (C=O) groups excluding carboxylic acids is 1. The Hall–Kier alpha value is -1.26. The largest absolute Gasteiger partial charge is 0.310 e. The summed E-state index contributed by atoms with van der Waals surface area (Å²) in [5.74, 6) is 0.375. The third-order valence-electron chi connectivity index (χ3n) is 4.09. The van der Waals surface area contributed by atoms with Crippen molar-refractivity contribution in [1.82, 2.24) is 9.55 Å². The van der Waals surface area contributed by atoms with Crippen molar-refractivity contribution in [1.29, 1.82) is 0 Å². The molecule has 0 spiro atoms. The standard InChI is InChI=1S/C15H17Cl2N3O/c1-3-8-20-11-7-5-4-6-10(11)18-13(20)19-12(21)14(2)9-15(14,16)17/h4-7H,3,8-9H2,1-2H3,(H,18,19,21). The number of hydrogen-bond donors (Lipinski definition) is 1. The Balaban J connectivity index is 1.94. The number of aromatic nitrogens is 2. The van der Waals surface area contributed by atoms with Crippen molar-refractivity contribution in [2.45, 2.75) is 37.6 Å². The Morgan fingerprint density at radius 3 is 2.71 bits per heavy atom. The van der Waals surface area contributed by atoms with Gasteiger partial charge in [-0.2, -0.15) is 0 Å². The summed E-state index contributed by atoms with van der Waals surface area (Å²) in [7, 11) is 0. The summed E-state index contributed by atoms with van der Waals surface area (Å²) < 4.78 is 1.04. The van der Waals surface area contributed by atoms with Crippen LogP contribution in [0.5, 0.6) is 0 Å². The molecule has 3 rings (SSSR count). The average molecular weight is 326 g/mol. The average Bonchev–Trinajstić information content (AvgIpc) is 2.78. The molecular formula is C15H17Cl2N3O. The van der Waals surface area contributed by atoms with Crippen molar-refractivity contribution in [2.75, 3.05) is 5.32 Å². The molecule has 0 bridgehead atoms. The first kappa shape index (κ1) is 14.7. The molecule has 1 heterocycles. The maximum absolute atomic E-state index is 12.4. The topological polar surface area (TPSA) is 46.9 Å². The predicted molar refractivity (Wildman–Crippen MR) is 85.8 cm³/mol. The zero-order chi connectivity index (χ0) is 15.3. The van der Waals surface area contributed by atoms with Crippen LogP contribution in [0.1, 0.15) is 26.7 Å². The fourth-order valence-corrected chi connectivity index (χ4v) is 3.21. The Labute approximate surface area is 133 Å². The lowest BCUT2D eigenvalue weighted by Gasteiger charge is -2.13. The van der Waals surface area contributed by atoms with Gasteiger partial charge in [-0.1, -0.05) is 19.1 Å². The molecule has 1 amide bonds. The van der Waals surface area contributed by atoms with Crippen LogP contribution in [0.3, 0.4) is 0 Å². The SMILES string of the molecule is CCCn1c(NC(=O)C2(C)CC2(Cl)Cl)nc2ccccc21. The normalized spacial score (nSPS) is 23.2. The van der Waals surface area contributed by atoms with Crippen LogP contribution < -0.4 is 5.32 Å². The number of anilines is 1. The summed E-state index contributed by atoms with van der Waals surface area (Å²) in [6.07, 6.45) is 1.42. The fourth-order valence-electron chi connectivity index (χ4n) is 2.51. The number of aryl methyl sites for hydroxylation is 1. The maximum Gasteiger partial charge on any atom is 0.235 e. The number of alkyl halides is 2. The third-order valence-corrected chi connectivity index (χ3v) is 5.19. The van der Waals surface area contributed by atoms with Crippen molar-refractivity contribution >= 4 is 46.1 Å². The van der Waals surface area contributed by atoms with E-state index < -0.39 is 9.75 Å². The van der Waals surface area contributed by atoms with Crippen molar-refractivity contribution in [3.63, 3.8) is 0 Å². The first-order valence-electron chi connectivity index (χ1n) is 7.03. The van der Waals surface area contributed by atoms with Gasteiger partial charge >= 0.3 is 0 Å². The molecule has 1 aliphatic carbocycles. The number of nitrogens with zero attached hydrogens (tertiary/aromatic N) is 2. The molecule has 4 nitrogen and oxygen atoms in total. The van der Waals surface area contributed by atoms with Gasteiger partial charge in [0, 0.05) is 6.54 Å². The lowest BCUT2D eigenvalue weighted by atomic mass is 10.1. The van der Waals surface area contributed by atoms with Gasteiger partial charge in [-0.3, -0.25) is 10.1 Å². The van der Waals surface area contributed by atoms with Gasteiger partial charge in [0.05, 0.1) is 16.4 Å². The number of hydrogen-bond acceptors (Lipinski definition) is 2. The number of halogens is 2. The van der Waals surface area contributed by atoms with Gasteiger partial charge < -0.3 is 4.57 Å². The minimum Gasteiger partial charge on any atom is -0.310 e. The highest BCUT2D eigenvalue weighted by Gasteiger charge is 2.68. The second kappa shape index (κ2) is 4.89. The molecule has 0 saturated heterocycles. The molecule has 1 N–H and O–H groups in total. The maximum atomic E-state index is 12.4. The monoisotopic (exact) mass is 325 g/mol. The molecule has 1 saturated carbocycles. The summed E-state index contributed by atoms with van der Waals surface area (Å²) in [5.41, 5.74) is 1.13. The zero-order valence-corrected chi connectivity index (χ0v) is 13.5. The lowest BCUT2D eigenvalue weighted by molar-refractivity contribution is -0.120. The summed E-state index contributed by atoms with van der Waals surface area (Å²) in [6.45, 7) is 4.65. The Bertz CT molecular complexity index is 710. The Kier molecular flexibility index (Phi) is 3.41. The van der Waals surface area contributed by atoms with E-state index in [4.69, 9.17) is 23.2 Å². The molecule has 0 aliphatic heterocycles. The second-order valence-electron chi connectivity index (χ2n) is 5.74.